The van der Waals surface area contributed by atoms with Crippen LogP contribution in [0, 0.1) is 5.92 Å². The largest absolute Gasteiger partial charge is 0.314 e. The van der Waals surface area contributed by atoms with Gasteiger partial charge in [-0.2, -0.15) is 0 Å². The quantitative estimate of drug-likeness (QED) is 0.700. The van der Waals surface area contributed by atoms with Crippen molar-refractivity contribution in [2.24, 2.45) is 5.92 Å². The van der Waals surface area contributed by atoms with E-state index in [0.29, 0.717) is 6.04 Å². The molecule has 0 aliphatic heterocycles. The molecule has 2 nitrogen and oxygen atoms in total. The molecule has 17 heavy (non-hydrogen) atoms. The molecule has 2 unspecified atom stereocenters. The number of hydrogen-bond donors (Lipinski definition) is 1. The average Bonchev–Trinajstić information content (AvgIpc) is 2.74. The molecule has 0 heterocycles. The third-order valence-corrected chi connectivity index (χ3v) is 4.24. The highest BCUT2D eigenvalue weighted by Crippen LogP contribution is 2.28. The molecule has 0 saturated heterocycles. The van der Waals surface area contributed by atoms with Gasteiger partial charge in [0.1, 0.15) is 0 Å². The molecule has 0 amide bonds. The van der Waals surface area contributed by atoms with Crippen LogP contribution in [0.4, 0.5) is 0 Å². The molecule has 0 bridgehead atoms. The third kappa shape index (κ3) is 4.97. The Bertz CT molecular complexity index is 191. The molecule has 0 aromatic rings. The molecule has 0 aromatic carbocycles. The topological polar surface area (TPSA) is 15.3 Å². The summed E-state index contributed by atoms with van der Waals surface area (Å²) in [5.41, 5.74) is 0. The van der Waals surface area contributed by atoms with Gasteiger partial charge in [-0.25, -0.2) is 0 Å². The molecular formula is C15H32N2. The number of hydrogen-bond acceptors (Lipinski definition) is 2. The Labute approximate surface area is 108 Å². The van der Waals surface area contributed by atoms with E-state index in [-0.39, 0.29) is 0 Å². The third-order valence-electron chi connectivity index (χ3n) is 4.24. The zero-order valence-corrected chi connectivity index (χ0v) is 12.3. The molecule has 2 heteroatoms. The molecule has 1 aliphatic rings. The summed E-state index contributed by atoms with van der Waals surface area (Å²) in [5.74, 6) is 0.925. The lowest BCUT2D eigenvalue weighted by Gasteiger charge is -2.28. The van der Waals surface area contributed by atoms with Crippen molar-refractivity contribution in [2.45, 2.75) is 71.9 Å². The van der Waals surface area contributed by atoms with Crippen LogP contribution in [-0.4, -0.2) is 36.6 Å². The smallest absolute Gasteiger partial charge is 0.00958 e. The van der Waals surface area contributed by atoms with Crippen molar-refractivity contribution in [3.63, 3.8) is 0 Å². The van der Waals surface area contributed by atoms with Gasteiger partial charge in [0.05, 0.1) is 0 Å². The molecule has 102 valence electrons. The molecule has 1 aliphatic carbocycles. The Morgan fingerprint density at radius 1 is 1.24 bits per heavy atom. The maximum atomic E-state index is 3.73. The van der Waals surface area contributed by atoms with Crippen molar-refractivity contribution in [3.8, 4) is 0 Å². The summed E-state index contributed by atoms with van der Waals surface area (Å²) < 4.78 is 0. The highest BCUT2D eigenvalue weighted by Gasteiger charge is 2.26. The van der Waals surface area contributed by atoms with Crippen LogP contribution < -0.4 is 5.32 Å². The molecule has 0 aromatic heterocycles. The van der Waals surface area contributed by atoms with Gasteiger partial charge in [0.2, 0.25) is 0 Å². The van der Waals surface area contributed by atoms with Gasteiger partial charge in [-0.05, 0) is 65.1 Å². The fourth-order valence-electron chi connectivity index (χ4n) is 3.09. The summed E-state index contributed by atoms with van der Waals surface area (Å²) in [6, 6.07) is 1.50. The van der Waals surface area contributed by atoms with Crippen molar-refractivity contribution in [1.82, 2.24) is 10.2 Å². The van der Waals surface area contributed by atoms with Crippen LogP contribution in [0.15, 0.2) is 0 Å². The van der Waals surface area contributed by atoms with E-state index in [0.717, 1.165) is 12.0 Å². The van der Waals surface area contributed by atoms with Gasteiger partial charge in [-0.1, -0.05) is 20.3 Å². The van der Waals surface area contributed by atoms with Crippen molar-refractivity contribution < 1.29 is 0 Å². The highest BCUT2D eigenvalue weighted by atomic mass is 15.1. The molecule has 2 atom stereocenters. The maximum Gasteiger partial charge on any atom is 0.00958 e. The van der Waals surface area contributed by atoms with Crippen molar-refractivity contribution >= 4 is 0 Å². The predicted molar refractivity (Wildman–Crippen MR) is 76.4 cm³/mol. The van der Waals surface area contributed by atoms with E-state index in [1.807, 2.05) is 0 Å². The minimum absolute atomic E-state index is 0.698. The second-order valence-corrected chi connectivity index (χ2v) is 5.76. The number of rotatable bonds is 8. The van der Waals surface area contributed by atoms with Crippen LogP contribution in [-0.2, 0) is 0 Å². The zero-order chi connectivity index (χ0) is 12.7. The maximum absolute atomic E-state index is 3.73. The van der Waals surface area contributed by atoms with E-state index >= 15 is 0 Å². The van der Waals surface area contributed by atoms with Gasteiger partial charge in [0.25, 0.3) is 0 Å². The minimum atomic E-state index is 0.698. The predicted octanol–water partition coefficient (Wildman–Crippen LogP) is 3.28. The molecule has 1 N–H and O–H groups in total. The fourth-order valence-corrected chi connectivity index (χ4v) is 3.09. The van der Waals surface area contributed by atoms with Crippen LogP contribution in [0.3, 0.4) is 0 Å². The molecule has 0 radical (unpaired) electrons. The number of nitrogens with one attached hydrogen (secondary N) is 1. The normalized spacial score (nSPS) is 25.1. The molecule has 1 fully saturated rings. The lowest BCUT2D eigenvalue weighted by Crippen LogP contribution is -2.37. The first-order valence-corrected chi connectivity index (χ1v) is 7.66. The van der Waals surface area contributed by atoms with E-state index in [4.69, 9.17) is 0 Å². The van der Waals surface area contributed by atoms with Gasteiger partial charge in [-0.3, -0.25) is 0 Å². The van der Waals surface area contributed by atoms with E-state index in [1.165, 1.54) is 51.7 Å². The Balaban J connectivity index is 2.29. The van der Waals surface area contributed by atoms with Gasteiger partial charge in [-0.15, -0.1) is 0 Å². The summed E-state index contributed by atoms with van der Waals surface area (Å²) in [5, 5.41) is 3.73. The van der Waals surface area contributed by atoms with Crippen molar-refractivity contribution in [1.29, 1.82) is 0 Å². The Morgan fingerprint density at radius 2 is 2.00 bits per heavy atom. The van der Waals surface area contributed by atoms with Gasteiger partial charge < -0.3 is 10.2 Å². The first kappa shape index (κ1) is 15.0. The van der Waals surface area contributed by atoms with Crippen molar-refractivity contribution in [2.75, 3.05) is 19.6 Å². The van der Waals surface area contributed by atoms with Crippen LogP contribution in [0.25, 0.3) is 0 Å². The Kier molecular flexibility index (Phi) is 7.14. The van der Waals surface area contributed by atoms with E-state index < -0.39 is 0 Å². The Morgan fingerprint density at radius 3 is 2.59 bits per heavy atom. The lowest BCUT2D eigenvalue weighted by atomic mass is 9.99. The van der Waals surface area contributed by atoms with Gasteiger partial charge in [0.15, 0.2) is 0 Å². The summed E-state index contributed by atoms with van der Waals surface area (Å²) in [6.45, 7) is 12.8. The van der Waals surface area contributed by atoms with E-state index in [9.17, 15) is 0 Å². The van der Waals surface area contributed by atoms with Crippen LogP contribution in [0.5, 0.6) is 0 Å². The SMILES string of the molecule is CCCNC1CCCC1CCN(CC)C(C)C. The summed E-state index contributed by atoms with van der Waals surface area (Å²) in [7, 11) is 0. The minimum Gasteiger partial charge on any atom is -0.314 e. The zero-order valence-electron chi connectivity index (χ0n) is 12.3. The Hall–Kier alpha value is -0.0800. The summed E-state index contributed by atoms with van der Waals surface area (Å²) in [4.78, 5) is 2.59. The molecule has 1 saturated carbocycles. The lowest BCUT2D eigenvalue weighted by molar-refractivity contribution is 0.208. The second-order valence-electron chi connectivity index (χ2n) is 5.76. The first-order valence-electron chi connectivity index (χ1n) is 7.66. The van der Waals surface area contributed by atoms with Gasteiger partial charge in [0, 0.05) is 12.1 Å². The summed E-state index contributed by atoms with van der Waals surface area (Å²) >= 11 is 0. The highest BCUT2D eigenvalue weighted by molar-refractivity contribution is 4.83. The van der Waals surface area contributed by atoms with Crippen LogP contribution >= 0.6 is 0 Å². The van der Waals surface area contributed by atoms with E-state index in [2.05, 4.69) is 37.9 Å². The molecule has 1 rings (SSSR count). The average molecular weight is 240 g/mol. The molecular weight excluding hydrogens is 208 g/mol. The standard InChI is InChI=1S/C15H32N2/c1-5-11-16-15-9-7-8-14(15)10-12-17(6-2)13(3)4/h13-16H,5-12H2,1-4H3. The summed E-state index contributed by atoms with van der Waals surface area (Å²) in [6.07, 6.45) is 6.92. The van der Waals surface area contributed by atoms with Crippen molar-refractivity contribution in [3.05, 3.63) is 0 Å². The number of nitrogens with zero attached hydrogens (tertiary/aromatic N) is 1. The van der Waals surface area contributed by atoms with Crippen LogP contribution in [0.1, 0.15) is 59.8 Å². The van der Waals surface area contributed by atoms with E-state index in [1.54, 1.807) is 0 Å². The van der Waals surface area contributed by atoms with Gasteiger partial charge >= 0.3 is 0 Å². The van der Waals surface area contributed by atoms with Crippen LogP contribution in [0.2, 0.25) is 0 Å². The second kappa shape index (κ2) is 8.10. The first-order chi connectivity index (χ1) is 8.19. The monoisotopic (exact) mass is 240 g/mol. The molecule has 0 spiro atoms. The fraction of sp³-hybridized carbons (Fsp3) is 1.00.